The molecule has 3 rings (SSSR count). The van der Waals surface area contributed by atoms with Crippen molar-refractivity contribution < 1.29 is 5.11 Å². The van der Waals surface area contributed by atoms with Crippen LogP contribution in [0.4, 0.5) is 0 Å². The third-order valence-corrected chi connectivity index (χ3v) is 5.30. The van der Waals surface area contributed by atoms with Crippen LogP contribution < -0.4 is 5.32 Å². The summed E-state index contributed by atoms with van der Waals surface area (Å²) in [6, 6.07) is 8.01. The van der Waals surface area contributed by atoms with E-state index in [0.717, 1.165) is 48.6 Å². The summed E-state index contributed by atoms with van der Waals surface area (Å²) in [7, 11) is 0. The molecule has 1 aliphatic heterocycles. The van der Waals surface area contributed by atoms with Crippen LogP contribution in [0.3, 0.4) is 0 Å². The van der Waals surface area contributed by atoms with E-state index in [4.69, 9.17) is 4.99 Å². The van der Waals surface area contributed by atoms with Crippen molar-refractivity contribution in [1.29, 1.82) is 0 Å². The van der Waals surface area contributed by atoms with Gasteiger partial charge in [0.1, 0.15) is 0 Å². The Morgan fingerprint density at radius 2 is 1.79 bits per heavy atom. The molecule has 2 N–H and O–H groups in total. The van der Waals surface area contributed by atoms with Gasteiger partial charge in [-0.25, -0.2) is 4.99 Å². The molecule has 134 valence electrons. The molecular formula is C19H30IN3O. The number of benzene rings is 1. The van der Waals surface area contributed by atoms with E-state index < -0.39 is 0 Å². The average Bonchev–Trinajstić information content (AvgIpc) is 3.02. The number of guanidine groups is 1. The van der Waals surface area contributed by atoms with Crippen molar-refractivity contribution in [3.05, 3.63) is 35.4 Å². The minimum Gasteiger partial charge on any atom is -0.392 e. The van der Waals surface area contributed by atoms with Crippen molar-refractivity contribution >= 4 is 29.9 Å². The number of halogens is 1. The molecule has 2 unspecified atom stereocenters. The highest BCUT2D eigenvalue weighted by Crippen LogP contribution is 2.36. The fraction of sp³-hybridized carbons (Fsp3) is 0.632. The molecule has 2 aliphatic rings. The van der Waals surface area contributed by atoms with Gasteiger partial charge in [0, 0.05) is 19.6 Å². The second-order valence-corrected chi connectivity index (χ2v) is 6.81. The summed E-state index contributed by atoms with van der Waals surface area (Å²) in [4.78, 5) is 7.30. The van der Waals surface area contributed by atoms with Crippen LogP contribution in [0, 0.1) is 11.8 Å². The standard InChI is InChI=1S/C19H29N3O.HI/c1-2-20-19(21-11-15-7-3-6-10-18(15)14-23)22-12-16-8-4-5-9-17(16)13-22;/h3,6-7,10,16-17,23H,2,4-5,8-9,11-14H2,1H3,(H,20,21);1H. The zero-order valence-electron chi connectivity index (χ0n) is 14.6. The molecule has 1 heterocycles. The van der Waals surface area contributed by atoms with Gasteiger partial charge < -0.3 is 15.3 Å². The molecular weight excluding hydrogens is 413 g/mol. The number of nitrogens with zero attached hydrogens (tertiary/aromatic N) is 2. The summed E-state index contributed by atoms with van der Waals surface area (Å²) in [6.07, 6.45) is 5.56. The predicted octanol–water partition coefficient (Wildman–Crippen LogP) is 3.38. The minimum absolute atomic E-state index is 0. The summed E-state index contributed by atoms with van der Waals surface area (Å²) in [6.45, 7) is 6.03. The van der Waals surface area contributed by atoms with E-state index in [-0.39, 0.29) is 30.6 Å². The Balaban J connectivity index is 0.00000208. The minimum atomic E-state index is 0. The Kier molecular flexibility index (Phi) is 7.81. The number of fused-ring (bicyclic) bond motifs is 1. The molecule has 1 aromatic carbocycles. The summed E-state index contributed by atoms with van der Waals surface area (Å²) >= 11 is 0. The van der Waals surface area contributed by atoms with Gasteiger partial charge in [0.25, 0.3) is 0 Å². The fourth-order valence-electron chi connectivity index (χ4n) is 4.03. The number of aliphatic imine (C=N–C) groups is 1. The molecule has 2 fully saturated rings. The van der Waals surface area contributed by atoms with Crippen LogP contribution >= 0.6 is 24.0 Å². The van der Waals surface area contributed by atoms with E-state index in [1.807, 2.05) is 18.2 Å². The zero-order valence-corrected chi connectivity index (χ0v) is 16.9. The topological polar surface area (TPSA) is 47.9 Å². The Bertz CT molecular complexity index is 535. The summed E-state index contributed by atoms with van der Waals surface area (Å²) in [5.41, 5.74) is 2.09. The monoisotopic (exact) mass is 443 g/mol. The van der Waals surface area contributed by atoms with Crippen molar-refractivity contribution in [3.8, 4) is 0 Å². The second-order valence-electron chi connectivity index (χ2n) is 6.81. The lowest BCUT2D eigenvalue weighted by atomic mass is 9.82. The van der Waals surface area contributed by atoms with Gasteiger partial charge in [0.15, 0.2) is 5.96 Å². The maximum absolute atomic E-state index is 9.46. The van der Waals surface area contributed by atoms with Gasteiger partial charge in [-0.1, -0.05) is 37.1 Å². The fourth-order valence-corrected chi connectivity index (χ4v) is 4.03. The Labute approximate surface area is 162 Å². The van der Waals surface area contributed by atoms with Crippen LogP contribution in [0.15, 0.2) is 29.3 Å². The van der Waals surface area contributed by atoms with Crippen molar-refractivity contribution in [2.24, 2.45) is 16.8 Å². The number of rotatable bonds is 4. The van der Waals surface area contributed by atoms with E-state index in [2.05, 4.69) is 23.2 Å². The molecule has 1 saturated carbocycles. The maximum atomic E-state index is 9.46. The van der Waals surface area contributed by atoms with Gasteiger partial charge in [-0.3, -0.25) is 0 Å². The first-order valence-corrected chi connectivity index (χ1v) is 9.02. The van der Waals surface area contributed by atoms with Crippen LogP contribution in [0.5, 0.6) is 0 Å². The second kappa shape index (κ2) is 9.61. The normalized spacial score (nSPS) is 23.6. The molecule has 0 amide bonds. The lowest BCUT2D eigenvalue weighted by Gasteiger charge is -2.22. The third kappa shape index (κ3) is 4.63. The highest BCUT2D eigenvalue weighted by Gasteiger charge is 2.35. The average molecular weight is 443 g/mol. The predicted molar refractivity (Wildman–Crippen MR) is 110 cm³/mol. The molecule has 0 bridgehead atoms. The Morgan fingerprint density at radius 1 is 1.17 bits per heavy atom. The van der Waals surface area contributed by atoms with Crippen LogP contribution in [0.25, 0.3) is 0 Å². The van der Waals surface area contributed by atoms with Gasteiger partial charge in [-0.15, -0.1) is 24.0 Å². The number of aliphatic hydroxyl groups excluding tert-OH is 1. The molecule has 5 heteroatoms. The molecule has 0 radical (unpaired) electrons. The van der Waals surface area contributed by atoms with E-state index in [1.54, 1.807) is 0 Å². The zero-order chi connectivity index (χ0) is 16.1. The van der Waals surface area contributed by atoms with Crippen molar-refractivity contribution in [2.75, 3.05) is 19.6 Å². The number of hydrogen-bond acceptors (Lipinski definition) is 2. The summed E-state index contributed by atoms with van der Waals surface area (Å²) in [5, 5.41) is 12.9. The number of nitrogens with one attached hydrogen (secondary N) is 1. The third-order valence-electron chi connectivity index (χ3n) is 5.30. The van der Waals surface area contributed by atoms with Crippen LogP contribution in [-0.4, -0.2) is 35.6 Å². The first kappa shape index (κ1) is 19.5. The molecule has 24 heavy (non-hydrogen) atoms. The highest BCUT2D eigenvalue weighted by atomic mass is 127. The molecule has 1 aromatic rings. The highest BCUT2D eigenvalue weighted by molar-refractivity contribution is 14.0. The molecule has 4 nitrogen and oxygen atoms in total. The van der Waals surface area contributed by atoms with Crippen LogP contribution in [0.2, 0.25) is 0 Å². The van der Waals surface area contributed by atoms with Crippen molar-refractivity contribution in [1.82, 2.24) is 10.2 Å². The molecule has 1 aliphatic carbocycles. The van der Waals surface area contributed by atoms with Crippen molar-refractivity contribution in [2.45, 2.75) is 45.8 Å². The molecule has 0 spiro atoms. The van der Waals surface area contributed by atoms with E-state index >= 15 is 0 Å². The quantitative estimate of drug-likeness (QED) is 0.426. The SMILES string of the molecule is CCNC(=NCc1ccccc1CO)N1CC2CCCCC2C1.I. The Morgan fingerprint density at radius 3 is 2.38 bits per heavy atom. The smallest absolute Gasteiger partial charge is 0.194 e. The van der Waals surface area contributed by atoms with Crippen molar-refractivity contribution in [3.63, 3.8) is 0 Å². The first-order valence-electron chi connectivity index (χ1n) is 9.02. The molecule has 2 atom stereocenters. The molecule has 1 saturated heterocycles. The largest absolute Gasteiger partial charge is 0.392 e. The first-order chi connectivity index (χ1) is 11.3. The summed E-state index contributed by atoms with van der Waals surface area (Å²) in [5.74, 6) is 2.75. The lowest BCUT2D eigenvalue weighted by molar-refractivity contribution is 0.280. The van der Waals surface area contributed by atoms with Gasteiger partial charge >= 0.3 is 0 Å². The maximum Gasteiger partial charge on any atom is 0.194 e. The van der Waals surface area contributed by atoms with E-state index in [1.165, 1.54) is 25.7 Å². The number of hydrogen-bond donors (Lipinski definition) is 2. The number of likely N-dealkylation sites (tertiary alicyclic amines) is 1. The van der Waals surface area contributed by atoms with Gasteiger partial charge in [0.05, 0.1) is 13.2 Å². The number of aliphatic hydroxyl groups is 1. The van der Waals surface area contributed by atoms with Gasteiger partial charge in [-0.05, 0) is 42.7 Å². The molecule has 0 aromatic heterocycles. The Hall–Kier alpha value is -0.820. The van der Waals surface area contributed by atoms with Gasteiger partial charge in [0.2, 0.25) is 0 Å². The van der Waals surface area contributed by atoms with E-state index in [9.17, 15) is 5.11 Å². The summed E-state index contributed by atoms with van der Waals surface area (Å²) < 4.78 is 0. The lowest BCUT2D eigenvalue weighted by Crippen LogP contribution is -2.40. The van der Waals surface area contributed by atoms with E-state index in [0.29, 0.717) is 6.54 Å². The van der Waals surface area contributed by atoms with Crippen LogP contribution in [-0.2, 0) is 13.2 Å². The van der Waals surface area contributed by atoms with Crippen LogP contribution in [0.1, 0.15) is 43.7 Å². The van der Waals surface area contributed by atoms with Gasteiger partial charge in [-0.2, -0.15) is 0 Å².